The lowest BCUT2D eigenvalue weighted by Crippen LogP contribution is -2.16. The fourth-order valence-corrected chi connectivity index (χ4v) is 3.05. The Morgan fingerprint density at radius 1 is 1.56 bits per heavy atom. The highest BCUT2D eigenvalue weighted by Gasteiger charge is 2.10. The summed E-state index contributed by atoms with van der Waals surface area (Å²) in [7, 11) is 1.98. The number of rotatable bonds is 6. The van der Waals surface area contributed by atoms with Crippen molar-refractivity contribution in [3.63, 3.8) is 0 Å². The van der Waals surface area contributed by atoms with Crippen LogP contribution in [0, 0.1) is 0 Å². The van der Waals surface area contributed by atoms with Gasteiger partial charge in [0.2, 0.25) is 0 Å². The van der Waals surface area contributed by atoms with Crippen LogP contribution < -0.4 is 10.2 Å². The Labute approximate surface area is 119 Å². The van der Waals surface area contributed by atoms with Gasteiger partial charge >= 0.3 is 0 Å². The van der Waals surface area contributed by atoms with Crippen molar-refractivity contribution in [2.45, 2.75) is 20.0 Å². The molecule has 0 spiro atoms. The van der Waals surface area contributed by atoms with Crippen LogP contribution in [0.5, 0.6) is 0 Å². The van der Waals surface area contributed by atoms with Crippen LogP contribution in [0.15, 0.2) is 26.6 Å². The van der Waals surface area contributed by atoms with Crippen LogP contribution in [0.4, 0.5) is 6.01 Å². The summed E-state index contributed by atoms with van der Waals surface area (Å²) in [6, 6.07) is 2.77. The van der Waals surface area contributed by atoms with E-state index in [1.165, 1.54) is 4.88 Å². The molecule has 0 unspecified atom stereocenters. The molecule has 98 valence electrons. The number of hydrogen-bond acceptors (Lipinski definition) is 5. The average molecular weight is 330 g/mol. The third-order valence-corrected chi connectivity index (χ3v) is 4.12. The Kier molecular flexibility index (Phi) is 4.79. The van der Waals surface area contributed by atoms with Crippen molar-refractivity contribution >= 4 is 33.3 Å². The van der Waals surface area contributed by atoms with Gasteiger partial charge < -0.3 is 14.6 Å². The van der Waals surface area contributed by atoms with E-state index in [9.17, 15) is 0 Å². The topological polar surface area (TPSA) is 41.3 Å². The van der Waals surface area contributed by atoms with Crippen molar-refractivity contribution in [1.82, 2.24) is 10.3 Å². The third kappa shape index (κ3) is 3.57. The van der Waals surface area contributed by atoms with Crippen molar-refractivity contribution in [1.29, 1.82) is 0 Å². The smallest absolute Gasteiger partial charge is 0.297 e. The van der Waals surface area contributed by atoms with Gasteiger partial charge in [0.15, 0.2) is 0 Å². The monoisotopic (exact) mass is 329 g/mol. The lowest BCUT2D eigenvalue weighted by Gasteiger charge is -2.12. The zero-order chi connectivity index (χ0) is 13.0. The number of oxazole rings is 1. The molecule has 0 aliphatic rings. The number of hydrogen-bond donors (Lipinski definition) is 1. The first-order valence-corrected chi connectivity index (χ1v) is 7.45. The Balaban J connectivity index is 1.96. The van der Waals surface area contributed by atoms with E-state index in [1.54, 1.807) is 17.6 Å². The molecule has 0 radical (unpaired) electrons. The Hall–Kier alpha value is -0.850. The predicted molar refractivity (Wildman–Crippen MR) is 78.0 cm³/mol. The third-order valence-electron chi connectivity index (χ3n) is 2.44. The molecule has 6 heteroatoms. The number of halogens is 1. The lowest BCUT2D eigenvalue weighted by atomic mass is 10.4. The Bertz CT molecular complexity index is 497. The van der Waals surface area contributed by atoms with Crippen LogP contribution in [0.3, 0.4) is 0 Å². The zero-order valence-corrected chi connectivity index (χ0v) is 12.8. The van der Waals surface area contributed by atoms with Crippen LogP contribution >= 0.6 is 27.3 Å². The second-order valence-electron chi connectivity index (χ2n) is 3.99. The second kappa shape index (κ2) is 6.36. The summed E-state index contributed by atoms with van der Waals surface area (Å²) in [5.74, 6) is 0. The molecule has 0 atom stereocenters. The molecule has 0 saturated heterocycles. The first-order chi connectivity index (χ1) is 8.69. The van der Waals surface area contributed by atoms with Gasteiger partial charge in [0, 0.05) is 28.3 Å². The second-order valence-corrected chi connectivity index (χ2v) is 5.90. The van der Waals surface area contributed by atoms with Gasteiger partial charge in [-0.3, -0.25) is 0 Å². The van der Waals surface area contributed by atoms with Gasteiger partial charge in [-0.15, -0.1) is 11.3 Å². The maximum absolute atomic E-state index is 5.47. The minimum atomic E-state index is 0.660. The van der Waals surface area contributed by atoms with Gasteiger partial charge in [-0.1, -0.05) is 6.92 Å². The number of anilines is 1. The molecule has 2 heterocycles. The number of nitrogens with zero attached hydrogens (tertiary/aromatic N) is 2. The minimum Gasteiger partial charge on any atom is -0.432 e. The van der Waals surface area contributed by atoms with Crippen LogP contribution in [0.2, 0.25) is 0 Å². The highest BCUT2D eigenvalue weighted by molar-refractivity contribution is 9.10. The molecule has 0 aromatic carbocycles. The summed E-state index contributed by atoms with van der Waals surface area (Å²) in [6.07, 6.45) is 1.71. The summed E-state index contributed by atoms with van der Waals surface area (Å²) in [6.45, 7) is 4.55. The van der Waals surface area contributed by atoms with E-state index >= 15 is 0 Å². The molecule has 0 saturated carbocycles. The van der Waals surface area contributed by atoms with Gasteiger partial charge in [-0.05, 0) is 28.5 Å². The highest BCUT2D eigenvalue weighted by Crippen LogP contribution is 2.22. The molecule has 2 aromatic heterocycles. The van der Waals surface area contributed by atoms with Crippen LogP contribution in [0.25, 0.3) is 0 Å². The Morgan fingerprint density at radius 2 is 2.39 bits per heavy atom. The summed E-state index contributed by atoms with van der Waals surface area (Å²) in [4.78, 5) is 7.72. The average Bonchev–Trinajstić information content (AvgIpc) is 2.96. The van der Waals surface area contributed by atoms with E-state index < -0.39 is 0 Å². The first-order valence-electron chi connectivity index (χ1n) is 5.78. The van der Waals surface area contributed by atoms with E-state index in [2.05, 4.69) is 44.6 Å². The Morgan fingerprint density at radius 3 is 3.06 bits per heavy atom. The fraction of sp³-hybridized carbons (Fsp3) is 0.417. The SMILES string of the molecule is CCNCc1coc(N(C)Cc2cc(Br)cs2)n1. The molecule has 0 amide bonds. The molecule has 0 aliphatic carbocycles. The molecule has 0 bridgehead atoms. The summed E-state index contributed by atoms with van der Waals surface area (Å²) >= 11 is 5.18. The molecule has 4 nitrogen and oxygen atoms in total. The van der Waals surface area contributed by atoms with Crippen molar-refractivity contribution in [2.24, 2.45) is 0 Å². The first kappa shape index (κ1) is 13.6. The lowest BCUT2D eigenvalue weighted by molar-refractivity contribution is 0.543. The predicted octanol–water partition coefficient (Wildman–Crippen LogP) is 3.24. The van der Waals surface area contributed by atoms with E-state index in [-0.39, 0.29) is 0 Å². The van der Waals surface area contributed by atoms with Crippen molar-refractivity contribution in [3.05, 3.63) is 32.8 Å². The van der Waals surface area contributed by atoms with Crippen molar-refractivity contribution < 1.29 is 4.42 Å². The highest BCUT2D eigenvalue weighted by atomic mass is 79.9. The van der Waals surface area contributed by atoms with Crippen molar-refractivity contribution in [2.75, 3.05) is 18.5 Å². The van der Waals surface area contributed by atoms with Crippen LogP contribution in [-0.4, -0.2) is 18.6 Å². The fourth-order valence-electron chi connectivity index (χ4n) is 1.54. The van der Waals surface area contributed by atoms with E-state index in [4.69, 9.17) is 4.42 Å². The minimum absolute atomic E-state index is 0.660. The van der Waals surface area contributed by atoms with Crippen molar-refractivity contribution in [3.8, 4) is 0 Å². The molecule has 18 heavy (non-hydrogen) atoms. The summed E-state index contributed by atoms with van der Waals surface area (Å²) < 4.78 is 6.59. The molecule has 1 N–H and O–H groups in total. The number of thiophene rings is 1. The number of aromatic nitrogens is 1. The normalized spacial score (nSPS) is 10.8. The maximum Gasteiger partial charge on any atom is 0.297 e. The van der Waals surface area contributed by atoms with Gasteiger partial charge in [-0.2, -0.15) is 4.98 Å². The van der Waals surface area contributed by atoms with E-state index in [1.807, 2.05) is 11.9 Å². The molecule has 2 rings (SSSR count). The largest absolute Gasteiger partial charge is 0.432 e. The molecule has 0 aliphatic heterocycles. The van der Waals surface area contributed by atoms with Gasteiger partial charge in [-0.25, -0.2) is 0 Å². The molecular formula is C12H16BrN3OS. The number of nitrogens with one attached hydrogen (secondary N) is 1. The quantitative estimate of drug-likeness (QED) is 0.883. The molecule has 2 aromatic rings. The van der Waals surface area contributed by atoms with E-state index in [0.29, 0.717) is 6.01 Å². The van der Waals surface area contributed by atoms with E-state index in [0.717, 1.165) is 29.8 Å². The maximum atomic E-state index is 5.47. The summed E-state index contributed by atoms with van der Waals surface area (Å²) in [5, 5.41) is 5.30. The standard InChI is InChI=1S/C12H16BrN3OS/c1-3-14-5-10-7-17-12(15-10)16(2)6-11-4-9(13)8-18-11/h4,7-8,14H,3,5-6H2,1-2H3. The molecule has 0 fully saturated rings. The van der Waals surface area contributed by atoms with Crippen LogP contribution in [-0.2, 0) is 13.1 Å². The summed E-state index contributed by atoms with van der Waals surface area (Å²) in [5.41, 5.74) is 0.936. The van der Waals surface area contributed by atoms with Gasteiger partial charge in [0.05, 0.1) is 12.2 Å². The van der Waals surface area contributed by atoms with Gasteiger partial charge in [0.1, 0.15) is 6.26 Å². The van der Waals surface area contributed by atoms with Crippen LogP contribution in [0.1, 0.15) is 17.5 Å². The zero-order valence-electron chi connectivity index (χ0n) is 10.4. The van der Waals surface area contributed by atoms with Gasteiger partial charge in [0.25, 0.3) is 6.01 Å². The molecular weight excluding hydrogens is 314 g/mol.